The molecule has 0 aromatic carbocycles. The molecule has 0 radical (unpaired) electrons. The van der Waals surface area contributed by atoms with Gasteiger partial charge in [-0.15, -0.1) is 0 Å². The van der Waals surface area contributed by atoms with Gasteiger partial charge in [0, 0.05) is 6.04 Å². The molecule has 1 saturated carbocycles. The molecule has 3 nitrogen and oxygen atoms in total. The van der Waals surface area contributed by atoms with Crippen LogP contribution in [0, 0.1) is 11.3 Å². The van der Waals surface area contributed by atoms with Crippen LogP contribution in [0.15, 0.2) is 0 Å². The van der Waals surface area contributed by atoms with Gasteiger partial charge in [0.15, 0.2) is 0 Å². The predicted molar refractivity (Wildman–Crippen MR) is 53.7 cm³/mol. The maximum absolute atomic E-state index is 12.2. The first kappa shape index (κ1) is 13.3. The Bertz CT molecular complexity index is 284. The molecule has 1 fully saturated rings. The average molecular weight is 235 g/mol. The summed E-state index contributed by atoms with van der Waals surface area (Å²) in [6.07, 6.45) is -2.49. The quantitative estimate of drug-likeness (QED) is 0.806. The summed E-state index contributed by atoms with van der Waals surface area (Å²) in [6, 6.07) is 1.98. The van der Waals surface area contributed by atoms with Crippen LogP contribution in [0.25, 0.3) is 0 Å². The molecule has 0 bridgehead atoms. The van der Waals surface area contributed by atoms with Gasteiger partial charge >= 0.3 is 6.18 Å². The Labute approximate surface area is 93.2 Å². The van der Waals surface area contributed by atoms with Crippen LogP contribution in [0.2, 0.25) is 0 Å². The molecule has 1 rings (SSSR count). The highest BCUT2D eigenvalue weighted by Crippen LogP contribution is 2.33. The lowest BCUT2D eigenvalue weighted by Gasteiger charge is -2.26. The maximum atomic E-state index is 12.2. The molecular formula is C10H16F3N3. The number of nitrogens with zero attached hydrogens (tertiary/aromatic N) is 2. The third kappa shape index (κ3) is 3.09. The van der Waals surface area contributed by atoms with Crippen LogP contribution in [0.4, 0.5) is 13.2 Å². The predicted octanol–water partition coefficient (Wildman–Crippen LogP) is 1.51. The van der Waals surface area contributed by atoms with Gasteiger partial charge in [0.1, 0.15) is 5.54 Å². The fourth-order valence-electron chi connectivity index (χ4n) is 2.19. The summed E-state index contributed by atoms with van der Waals surface area (Å²) >= 11 is 0. The van der Waals surface area contributed by atoms with Crippen LogP contribution in [0.3, 0.4) is 0 Å². The number of alkyl halides is 3. The zero-order chi connectivity index (χ0) is 12.4. The number of nitriles is 1. The highest BCUT2D eigenvalue weighted by Gasteiger charge is 2.42. The summed E-state index contributed by atoms with van der Waals surface area (Å²) in [5.41, 5.74) is -0.648. The van der Waals surface area contributed by atoms with E-state index in [1.165, 1.54) is 11.9 Å². The molecule has 1 N–H and O–H groups in total. The Morgan fingerprint density at radius 2 is 2.19 bits per heavy atom. The lowest BCUT2D eigenvalue weighted by atomic mass is 10.00. The Kier molecular flexibility index (Phi) is 3.81. The van der Waals surface area contributed by atoms with Gasteiger partial charge in [0.2, 0.25) is 0 Å². The van der Waals surface area contributed by atoms with Gasteiger partial charge < -0.3 is 5.32 Å². The van der Waals surface area contributed by atoms with Crippen molar-refractivity contribution in [3.05, 3.63) is 0 Å². The molecule has 0 aromatic heterocycles. The monoisotopic (exact) mass is 235 g/mol. The second-order valence-corrected chi connectivity index (χ2v) is 4.37. The van der Waals surface area contributed by atoms with E-state index in [0.29, 0.717) is 19.3 Å². The first-order valence-electron chi connectivity index (χ1n) is 5.19. The summed E-state index contributed by atoms with van der Waals surface area (Å²) in [7, 11) is 3.14. The molecule has 2 atom stereocenters. The van der Waals surface area contributed by atoms with Crippen LogP contribution in [-0.4, -0.2) is 43.3 Å². The third-order valence-corrected chi connectivity index (χ3v) is 3.23. The molecule has 0 saturated heterocycles. The highest BCUT2D eigenvalue weighted by atomic mass is 19.4. The molecule has 0 spiro atoms. The molecule has 92 valence electrons. The standard InChI is InChI=1S/C10H16F3N3/c1-15-9(6-14)4-3-8(5-9)16(2)7-10(11,12)13/h8,15H,3-5,7H2,1-2H3. The van der Waals surface area contributed by atoms with E-state index in [9.17, 15) is 13.2 Å². The van der Waals surface area contributed by atoms with Crippen LogP contribution < -0.4 is 5.32 Å². The van der Waals surface area contributed by atoms with E-state index in [1.807, 2.05) is 0 Å². The summed E-state index contributed by atoms with van der Waals surface area (Å²) < 4.78 is 36.6. The minimum absolute atomic E-state index is 0.172. The summed E-state index contributed by atoms with van der Waals surface area (Å²) in [5, 5.41) is 11.9. The maximum Gasteiger partial charge on any atom is 0.401 e. The summed E-state index contributed by atoms with van der Waals surface area (Å²) in [4.78, 5) is 1.29. The number of hydrogen-bond donors (Lipinski definition) is 1. The van der Waals surface area contributed by atoms with E-state index in [0.717, 1.165) is 0 Å². The SMILES string of the molecule is CNC1(C#N)CCC(N(C)CC(F)(F)F)C1. The third-order valence-electron chi connectivity index (χ3n) is 3.23. The van der Waals surface area contributed by atoms with Gasteiger partial charge in [-0.25, -0.2) is 0 Å². The van der Waals surface area contributed by atoms with Crippen molar-refractivity contribution in [1.29, 1.82) is 5.26 Å². The molecule has 0 amide bonds. The Hall–Kier alpha value is -0.800. The van der Waals surface area contributed by atoms with Crippen molar-refractivity contribution in [3.8, 4) is 6.07 Å². The molecule has 16 heavy (non-hydrogen) atoms. The summed E-state index contributed by atoms with van der Waals surface area (Å²) in [6.45, 7) is -0.914. The normalized spacial score (nSPS) is 30.7. The van der Waals surface area contributed by atoms with Crippen molar-refractivity contribution in [1.82, 2.24) is 10.2 Å². The highest BCUT2D eigenvalue weighted by molar-refractivity contribution is 5.12. The zero-order valence-electron chi connectivity index (χ0n) is 9.43. The van der Waals surface area contributed by atoms with Gasteiger partial charge in [-0.3, -0.25) is 4.90 Å². The topological polar surface area (TPSA) is 39.1 Å². The molecule has 2 unspecified atom stereocenters. The first-order chi connectivity index (χ1) is 7.32. The van der Waals surface area contributed by atoms with Gasteiger partial charge in [-0.1, -0.05) is 0 Å². The molecule has 1 aliphatic rings. The van der Waals surface area contributed by atoms with Crippen LogP contribution in [0.1, 0.15) is 19.3 Å². The molecule has 0 heterocycles. The fraction of sp³-hybridized carbons (Fsp3) is 0.900. The van der Waals surface area contributed by atoms with Crippen molar-refractivity contribution < 1.29 is 13.2 Å². The number of rotatable bonds is 3. The number of hydrogen-bond acceptors (Lipinski definition) is 3. The van der Waals surface area contributed by atoms with Crippen LogP contribution in [0.5, 0.6) is 0 Å². The minimum atomic E-state index is -4.17. The second-order valence-electron chi connectivity index (χ2n) is 4.37. The van der Waals surface area contributed by atoms with Crippen LogP contribution in [-0.2, 0) is 0 Å². The Balaban J connectivity index is 2.57. The van der Waals surface area contributed by atoms with Gasteiger partial charge in [-0.05, 0) is 33.4 Å². The van der Waals surface area contributed by atoms with E-state index in [4.69, 9.17) is 5.26 Å². The number of halogens is 3. The van der Waals surface area contributed by atoms with Crippen molar-refractivity contribution in [3.63, 3.8) is 0 Å². The van der Waals surface area contributed by atoms with E-state index in [-0.39, 0.29) is 6.04 Å². The van der Waals surface area contributed by atoms with Crippen molar-refractivity contribution in [2.75, 3.05) is 20.6 Å². The number of nitrogens with one attached hydrogen (secondary N) is 1. The van der Waals surface area contributed by atoms with E-state index in [2.05, 4.69) is 11.4 Å². The van der Waals surface area contributed by atoms with Crippen molar-refractivity contribution >= 4 is 0 Å². The zero-order valence-corrected chi connectivity index (χ0v) is 9.43. The first-order valence-corrected chi connectivity index (χ1v) is 5.19. The molecule has 6 heteroatoms. The molecular weight excluding hydrogens is 219 g/mol. The Morgan fingerprint density at radius 1 is 1.56 bits per heavy atom. The van der Waals surface area contributed by atoms with Gasteiger partial charge in [0.05, 0.1) is 12.6 Å². The summed E-state index contributed by atoms with van der Waals surface area (Å²) in [5.74, 6) is 0. The Morgan fingerprint density at radius 3 is 2.56 bits per heavy atom. The lowest BCUT2D eigenvalue weighted by molar-refractivity contribution is -0.147. The van der Waals surface area contributed by atoms with Crippen LogP contribution >= 0.6 is 0 Å². The molecule has 0 aromatic rings. The molecule has 1 aliphatic carbocycles. The van der Waals surface area contributed by atoms with Crippen molar-refractivity contribution in [2.45, 2.75) is 37.0 Å². The van der Waals surface area contributed by atoms with E-state index >= 15 is 0 Å². The second kappa shape index (κ2) is 4.60. The van der Waals surface area contributed by atoms with Crippen molar-refractivity contribution in [2.24, 2.45) is 0 Å². The average Bonchev–Trinajstić information content (AvgIpc) is 2.60. The van der Waals surface area contributed by atoms with Gasteiger partial charge in [-0.2, -0.15) is 18.4 Å². The fourth-order valence-corrected chi connectivity index (χ4v) is 2.19. The van der Waals surface area contributed by atoms with Gasteiger partial charge in [0.25, 0.3) is 0 Å². The molecule has 0 aliphatic heterocycles. The van der Waals surface area contributed by atoms with E-state index in [1.54, 1.807) is 7.05 Å². The van der Waals surface area contributed by atoms with E-state index < -0.39 is 18.3 Å². The smallest absolute Gasteiger partial charge is 0.302 e. The lowest BCUT2D eigenvalue weighted by Crippen LogP contribution is -2.43. The largest absolute Gasteiger partial charge is 0.401 e. The minimum Gasteiger partial charge on any atom is -0.302 e.